The summed E-state index contributed by atoms with van der Waals surface area (Å²) < 4.78 is 18.8. The zero-order valence-electron chi connectivity index (χ0n) is 10.7. The Kier molecular flexibility index (Phi) is 4.15. The van der Waals surface area contributed by atoms with Crippen LogP contribution in [0.2, 0.25) is 0 Å². The topological polar surface area (TPSA) is 25.2 Å². The second-order valence-electron chi connectivity index (χ2n) is 4.43. The van der Waals surface area contributed by atoms with Crippen LogP contribution in [0.5, 0.6) is 0 Å². The number of furan rings is 1. The summed E-state index contributed by atoms with van der Waals surface area (Å²) >= 11 is 0. The highest BCUT2D eigenvalue weighted by Crippen LogP contribution is 2.26. The lowest BCUT2D eigenvalue weighted by Gasteiger charge is -2.14. The van der Waals surface area contributed by atoms with Crippen molar-refractivity contribution in [3.8, 4) is 11.1 Å². The van der Waals surface area contributed by atoms with Gasteiger partial charge in [-0.15, -0.1) is 0 Å². The fourth-order valence-electron chi connectivity index (χ4n) is 1.93. The van der Waals surface area contributed by atoms with Gasteiger partial charge in [0.15, 0.2) is 0 Å². The molecule has 0 saturated heterocycles. The van der Waals surface area contributed by atoms with E-state index in [9.17, 15) is 4.39 Å². The van der Waals surface area contributed by atoms with Gasteiger partial charge in [-0.1, -0.05) is 13.0 Å². The Morgan fingerprint density at radius 1 is 1.33 bits per heavy atom. The van der Waals surface area contributed by atoms with Gasteiger partial charge in [0.1, 0.15) is 5.82 Å². The van der Waals surface area contributed by atoms with Gasteiger partial charge >= 0.3 is 0 Å². The summed E-state index contributed by atoms with van der Waals surface area (Å²) in [6.07, 6.45) is 4.20. The van der Waals surface area contributed by atoms with Crippen molar-refractivity contribution in [2.24, 2.45) is 0 Å². The summed E-state index contributed by atoms with van der Waals surface area (Å²) in [5.74, 6) is -0.220. The molecular weight excluding hydrogens is 229 g/mol. The minimum atomic E-state index is -0.220. The van der Waals surface area contributed by atoms with Crippen molar-refractivity contribution >= 4 is 0 Å². The van der Waals surface area contributed by atoms with Crippen LogP contribution in [0.25, 0.3) is 11.1 Å². The summed E-state index contributed by atoms with van der Waals surface area (Å²) in [6, 6.07) is 7.21. The summed E-state index contributed by atoms with van der Waals surface area (Å²) in [4.78, 5) is 0. The summed E-state index contributed by atoms with van der Waals surface area (Å²) in [5.41, 5.74) is 2.45. The summed E-state index contributed by atoms with van der Waals surface area (Å²) in [6.45, 7) is 5.17. The molecule has 18 heavy (non-hydrogen) atoms. The highest BCUT2D eigenvalue weighted by molar-refractivity contribution is 5.63. The second-order valence-corrected chi connectivity index (χ2v) is 4.43. The van der Waals surface area contributed by atoms with Crippen LogP contribution in [0.3, 0.4) is 0 Å². The van der Waals surface area contributed by atoms with Gasteiger partial charge < -0.3 is 9.73 Å². The van der Waals surface area contributed by atoms with E-state index in [0.717, 1.165) is 24.1 Å². The van der Waals surface area contributed by atoms with Crippen LogP contribution >= 0.6 is 0 Å². The maximum Gasteiger partial charge on any atom is 0.131 e. The van der Waals surface area contributed by atoms with Crippen molar-refractivity contribution in [1.29, 1.82) is 0 Å². The molecule has 1 N–H and O–H groups in total. The van der Waals surface area contributed by atoms with Crippen molar-refractivity contribution in [1.82, 2.24) is 5.32 Å². The monoisotopic (exact) mass is 247 g/mol. The van der Waals surface area contributed by atoms with Crippen molar-refractivity contribution in [2.75, 3.05) is 6.54 Å². The first-order valence-electron chi connectivity index (χ1n) is 6.27. The molecule has 1 aromatic heterocycles. The van der Waals surface area contributed by atoms with Crippen molar-refractivity contribution < 1.29 is 8.81 Å². The molecule has 3 heteroatoms. The Morgan fingerprint density at radius 2 is 2.17 bits per heavy atom. The molecule has 2 rings (SSSR count). The minimum Gasteiger partial charge on any atom is -0.472 e. The van der Waals surface area contributed by atoms with Crippen LogP contribution in [0.1, 0.15) is 31.9 Å². The molecule has 96 valence electrons. The highest BCUT2D eigenvalue weighted by Gasteiger charge is 2.10. The predicted molar refractivity (Wildman–Crippen MR) is 70.8 cm³/mol. The third-order valence-corrected chi connectivity index (χ3v) is 3.02. The lowest BCUT2D eigenvalue weighted by molar-refractivity contribution is 0.565. The second kappa shape index (κ2) is 5.83. The van der Waals surface area contributed by atoms with Gasteiger partial charge in [0.25, 0.3) is 0 Å². The van der Waals surface area contributed by atoms with Gasteiger partial charge in [0.2, 0.25) is 0 Å². The molecule has 0 radical (unpaired) electrons. The normalized spacial score (nSPS) is 12.6. The van der Waals surface area contributed by atoms with Gasteiger partial charge in [0.05, 0.1) is 12.5 Å². The van der Waals surface area contributed by atoms with E-state index < -0.39 is 0 Å². The zero-order valence-corrected chi connectivity index (χ0v) is 10.7. The average molecular weight is 247 g/mol. The molecule has 1 aromatic carbocycles. The van der Waals surface area contributed by atoms with Gasteiger partial charge in [-0.2, -0.15) is 0 Å². The van der Waals surface area contributed by atoms with Crippen molar-refractivity contribution in [3.05, 3.63) is 48.2 Å². The van der Waals surface area contributed by atoms with E-state index in [2.05, 4.69) is 19.2 Å². The standard InChI is InChI=1S/C15H18FNO/c1-3-7-17-11(2)12-4-5-15(16)14(9-12)13-6-8-18-10-13/h4-6,8-11,17H,3,7H2,1-2H3. The summed E-state index contributed by atoms with van der Waals surface area (Å²) in [7, 11) is 0. The molecule has 1 heterocycles. The Hall–Kier alpha value is -1.61. The quantitative estimate of drug-likeness (QED) is 0.858. The third kappa shape index (κ3) is 2.79. The molecule has 1 unspecified atom stereocenters. The molecule has 0 amide bonds. The maximum absolute atomic E-state index is 13.8. The van der Waals surface area contributed by atoms with Gasteiger partial charge in [0, 0.05) is 17.2 Å². The number of hydrogen-bond donors (Lipinski definition) is 1. The van der Waals surface area contributed by atoms with Crippen LogP contribution < -0.4 is 5.32 Å². The Labute approximate surface area is 107 Å². The highest BCUT2D eigenvalue weighted by atomic mass is 19.1. The number of hydrogen-bond acceptors (Lipinski definition) is 2. The summed E-state index contributed by atoms with van der Waals surface area (Å²) in [5, 5.41) is 3.39. The molecule has 0 bridgehead atoms. The smallest absolute Gasteiger partial charge is 0.131 e. The number of halogens is 1. The largest absolute Gasteiger partial charge is 0.472 e. The number of nitrogens with one attached hydrogen (secondary N) is 1. The predicted octanol–water partition coefficient (Wildman–Crippen LogP) is 4.15. The van der Waals surface area contributed by atoms with Crippen molar-refractivity contribution in [2.45, 2.75) is 26.3 Å². The molecule has 2 aromatic rings. The molecule has 1 atom stereocenters. The van der Waals surface area contributed by atoms with E-state index in [1.54, 1.807) is 18.6 Å². The fraction of sp³-hybridized carbons (Fsp3) is 0.333. The van der Waals surface area contributed by atoms with Crippen molar-refractivity contribution in [3.63, 3.8) is 0 Å². The SMILES string of the molecule is CCCNC(C)c1ccc(F)c(-c2ccoc2)c1. The Balaban J connectivity index is 2.26. The average Bonchev–Trinajstić information content (AvgIpc) is 2.90. The first-order valence-corrected chi connectivity index (χ1v) is 6.27. The van der Waals surface area contributed by atoms with Crippen LogP contribution in [0.15, 0.2) is 41.2 Å². The van der Waals surface area contributed by atoms with E-state index in [1.165, 1.54) is 6.07 Å². The minimum absolute atomic E-state index is 0.219. The Bertz CT molecular complexity index is 493. The van der Waals surface area contributed by atoms with E-state index in [4.69, 9.17) is 4.42 Å². The maximum atomic E-state index is 13.8. The zero-order chi connectivity index (χ0) is 13.0. The molecule has 0 fully saturated rings. The number of rotatable bonds is 5. The number of benzene rings is 1. The van der Waals surface area contributed by atoms with Gasteiger partial charge in [-0.25, -0.2) is 4.39 Å². The molecule has 0 aliphatic heterocycles. The van der Waals surface area contributed by atoms with Crippen LogP contribution in [-0.2, 0) is 0 Å². The fourth-order valence-corrected chi connectivity index (χ4v) is 1.93. The van der Waals surface area contributed by atoms with Gasteiger partial charge in [-0.3, -0.25) is 0 Å². The molecule has 2 nitrogen and oxygen atoms in total. The van der Waals surface area contributed by atoms with E-state index in [-0.39, 0.29) is 11.9 Å². The molecule has 0 spiro atoms. The van der Waals surface area contributed by atoms with Gasteiger partial charge in [-0.05, 0) is 43.7 Å². The lowest BCUT2D eigenvalue weighted by atomic mass is 10.0. The van der Waals surface area contributed by atoms with Crippen LogP contribution in [0.4, 0.5) is 4.39 Å². The van der Waals surface area contributed by atoms with E-state index in [1.807, 2.05) is 12.1 Å². The Morgan fingerprint density at radius 3 is 2.83 bits per heavy atom. The van der Waals surface area contributed by atoms with E-state index >= 15 is 0 Å². The van der Waals surface area contributed by atoms with Crippen LogP contribution in [0, 0.1) is 5.82 Å². The lowest BCUT2D eigenvalue weighted by Crippen LogP contribution is -2.19. The first-order chi connectivity index (χ1) is 8.72. The van der Waals surface area contributed by atoms with E-state index in [0.29, 0.717) is 5.56 Å². The molecule has 0 aliphatic carbocycles. The molecule has 0 aliphatic rings. The molecule has 0 saturated carbocycles. The third-order valence-electron chi connectivity index (χ3n) is 3.02. The first kappa shape index (κ1) is 12.8. The van der Waals surface area contributed by atoms with Crippen LogP contribution in [-0.4, -0.2) is 6.54 Å². The molecular formula is C15H18FNO.